The van der Waals surface area contributed by atoms with Crippen LogP contribution in [0.3, 0.4) is 0 Å². The van der Waals surface area contributed by atoms with Crippen LogP contribution in [0.15, 0.2) is 66.2 Å². The molecule has 0 bridgehead atoms. The van der Waals surface area contributed by atoms with Crippen LogP contribution in [0.1, 0.15) is 11.1 Å². The Morgan fingerprint density at radius 2 is 1.86 bits per heavy atom. The lowest BCUT2D eigenvalue weighted by Gasteiger charge is -2.15. The van der Waals surface area contributed by atoms with Crippen molar-refractivity contribution < 1.29 is 35.5 Å². The number of halogens is 5. The Kier molecular flexibility index (Phi) is 7.36. The fraction of sp³-hybridized carbons (Fsp3) is 0.0909. The van der Waals surface area contributed by atoms with Crippen molar-refractivity contribution >= 4 is 38.9 Å². The van der Waals surface area contributed by atoms with E-state index in [-0.39, 0.29) is 23.0 Å². The Hall–Kier alpha value is -3.64. The van der Waals surface area contributed by atoms with Crippen molar-refractivity contribution in [3.05, 3.63) is 83.3 Å². The van der Waals surface area contributed by atoms with Crippen LogP contribution < -0.4 is 14.8 Å². The number of ether oxygens (including phenoxy) is 1. The maximum absolute atomic E-state index is 14.3. The number of nitrogens with one attached hydrogen (secondary N) is 2. The van der Waals surface area contributed by atoms with Gasteiger partial charge in [-0.2, -0.15) is 13.2 Å². The number of aromatic nitrogens is 1. The summed E-state index contributed by atoms with van der Waals surface area (Å²) in [6, 6.07) is 6.88. The normalized spacial score (nSPS) is 11.6. The first-order valence-corrected chi connectivity index (χ1v) is 11.4. The van der Waals surface area contributed by atoms with Gasteiger partial charge in [-0.05, 0) is 55.0 Å². The fourth-order valence-electron chi connectivity index (χ4n) is 2.76. The Morgan fingerprint density at radius 1 is 1.14 bits per heavy atom. The molecule has 0 unspecified atom stereocenters. The molecule has 0 fully saturated rings. The van der Waals surface area contributed by atoms with E-state index in [2.05, 4.69) is 21.6 Å². The highest BCUT2D eigenvalue weighted by molar-refractivity contribution is 7.92. The van der Waals surface area contributed by atoms with E-state index in [1.807, 2.05) is 0 Å². The van der Waals surface area contributed by atoms with Gasteiger partial charge in [-0.15, -0.1) is 0 Å². The summed E-state index contributed by atoms with van der Waals surface area (Å²) >= 11 is 5.56. The number of alkyl halides is 3. The number of nitrogens with zero attached hydrogens (tertiary/aromatic N) is 1. The zero-order valence-electron chi connectivity index (χ0n) is 17.8. The molecule has 0 aliphatic carbocycles. The Morgan fingerprint density at radius 3 is 2.49 bits per heavy atom. The maximum atomic E-state index is 14.3. The summed E-state index contributed by atoms with van der Waals surface area (Å²) in [6.45, 7) is 4.86. The summed E-state index contributed by atoms with van der Waals surface area (Å²) in [6.07, 6.45) is -2.58. The molecule has 0 aliphatic heterocycles. The largest absolute Gasteiger partial charge is 0.437 e. The third-order valence-corrected chi connectivity index (χ3v) is 6.08. The number of sulfonamides is 1. The van der Waals surface area contributed by atoms with E-state index in [0.29, 0.717) is 11.6 Å². The van der Waals surface area contributed by atoms with Gasteiger partial charge in [0.05, 0.1) is 21.2 Å². The highest BCUT2D eigenvalue weighted by Crippen LogP contribution is 2.37. The first-order chi connectivity index (χ1) is 16.3. The predicted molar refractivity (Wildman–Crippen MR) is 122 cm³/mol. The second-order valence-electron chi connectivity index (χ2n) is 7.05. The monoisotopic (exact) mass is 529 g/mol. The number of anilines is 2. The molecule has 0 aliphatic rings. The van der Waals surface area contributed by atoms with Crippen LogP contribution in [0.2, 0.25) is 5.02 Å². The standard InChI is InChI=1S/C22H16ClF4N3O4S/c1-3-20(31)29-18-7-4-13(9-17(18)24)34-21-19(8-12(2)11-28-21)30-35(32,33)14-5-6-16(23)15(10-14)22(25,26)27/h3-11,30H,1H2,2H3,(H,29,31). The SMILES string of the molecule is C=CC(=O)Nc1ccc(Oc2ncc(C)cc2NS(=O)(=O)c2ccc(Cl)c(C(F)(F)F)c2)cc1F. The zero-order chi connectivity index (χ0) is 26.0. The van der Waals surface area contributed by atoms with Crippen molar-refractivity contribution in [2.45, 2.75) is 18.0 Å². The molecule has 13 heteroatoms. The summed E-state index contributed by atoms with van der Waals surface area (Å²) in [5.41, 5.74) is -1.18. The topological polar surface area (TPSA) is 97.4 Å². The average molecular weight is 530 g/mol. The van der Waals surface area contributed by atoms with Gasteiger partial charge in [-0.25, -0.2) is 17.8 Å². The molecule has 0 spiro atoms. The molecule has 1 amide bonds. The summed E-state index contributed by atoms with van der Waals surface area (Å²) < 4.78 is 87.1. The van der Waals surface area contributed by atoms with Gasteiger partial charge in [0.25, 0.3) is 10.0 Å². The van der Waals surface area contributed by atoms with Gasteiger partial charge in [0.1, 0.15) is 17.3 Å². The van der Waals surface area contributed by atoms with Crippen LogP contribution in [0.25, 0.3) is 0 Å². The number of hydrogen-bond acceptors (Lipinski definition) is 5. The second-order valence-corrected chi connectivity index (χ2v) is 9.14. The van der Waals surface area contributed by atoms with E-state index in [4.69, 9.17) is 16.3 Å². The lowest BCUT2D eigenvalue weighted by Crippen LogP contribution is -2.16. The summed E-state index contributed by atoms with van der Waals surface area (Å²) in [7, 11) is -4.54. The molecule has 0 atom stereocenters. The van der Waals surface area contributed by atoms with Gasteiger partial charge in [0, 0.05) is 12.3 Å². The minimum absolute atomic E-state index is 0.0956. The van der Waals surface area contributed by atoms with Crippen LogP contribution in [0, 0.1) is 12.7 Å². The van der Waals surface area contributed by atoms with E-state index in [1.54, 1.807) is 6.92 Å². The first kappa shape index (κ1) is 26.0. The predicted octanol–water partition coefficient (Wildman–Crippen LogP) is 5.92. The molecule has 1 heterocycles. The highest BCUT2D eigenvalue weighted by Gasteiger charge is 2.34. The molecule has 2 aromatic carbocycles. The lowest BCUT2D eigenvalue weighted by molar-refractivity contribution is -0.137. The van der Waals surface area contributed by atoms with Crippen molar-refractivity contribution in [2.75, 3.05) is 10.0 Å². The summed E-state index contributed by atoms with van der Waals surface area (Å²) in [4.78, 5) is 14.6. The van der Waals surface area contributed by atoms with Crippen LogP contribution in [-0.4, -0.2) is 19.3 Å². The number of aryl methyl sites for hydroxylation is 1. The van der Waals surface area contributed by atoms with Crippen molar-refractivity contribution in [3.63, 3.8) is 0 Å². The fourth-order valence-corrected chi connectivity index (χ4v) is 4.06. The third kappa shape index (κ3) is 6.28. The van der Waals surface area contributed by atoms with Gasteiger partial charge in [-0.3, -0.25) is 9.52 Å². The van der Waals surface area contributed by atoms with Gasteiger partial charge in [0.15, 0.2) is 0 Å². The minimum Gasteiger partial charge on any atom is -0.437 e. The average Bonchev–Trinajstić information content (AvgIpc) is 2.76. The Labute approximate surface area is 202 Å². The van der Waals surface area contributed by atoms with Gasteiger partial charge >= 0.3 is 6.18 Å². The second kappa shape index (κ2) is 9.92. The number of carbonyl (C=O) groups excluding carboxylic acids is 1. The molecule has 3 rings (SSSR count). The molecule has 1 aromatic heterocycles. The van der Waals surface area contributed by atoms with Crippen LogP contribution in [0.4, 0.5) is 28.9 Å². The van der Waals surface area contributed by atoms with Gasteiger partial charge in [0.2, 0.25) is 11.8 Å². The molecule has 0 saturated carbocycles. The van der Waals surface area contributed by atoms with Crippen molar-refractivity contribution in [3.8, 4) is 11.6 Å². The molecule has 3 aromatic rings. The van der Waals surface area contributed by atoms with Crippen LogP contribution in [0.5, 0.6) is 11.6 Å². The van der Waals surface area contributed by atoms with E-state index in [1.165, 1.54) is 24.4 Å². The van der Waals surface area contributed by atoms with E-state index in [9.17, 15) is 30.8 Å². The number of amides is 1. The Balaban J connectivity index is 1.93. The summed E-state index contributed by atoms with van der Waals surface area (Å²) in [5.74, 6) is -1.88. The lowest BCUT2D eigenvalue weighted by atomic mass is 10.2. The van der Waals surface area contributed by atoms with Crippen molar-refractivity contribution in [1.82, 2.24) is 4.98 Å². The summed E-state index contributed by atoms with van der Waals surface area (Å²) in [5, 5.41) is 1.59. The van der Waals surface area contributed by atoms with E-state index >= 15 is 0 Å². The Bertz CT molecular complexity index is 1410. The van der Waals surface area contributed by atoms with Crippen molar-refractivity contribution in [2.24, 2.45) is 0 Å². The molecule has 35 heavy (non-hydrogen) atoms. The third-order valence-electron chi connectivity index (χ3n) is 4.38. The number of benzene rings is 2. The van der Waals surface area contributed by atoms with Crippen molar-refractivity contribution in [1.29, 1.82) is 0 Å². The quantitative estimate of drug-likeness (QED) is 0.292. The van der Waals surface area contributed by atoms with E-state index < -0.39 is 43.4 Å². The smallest absolute Gasteiger partial charge is 0.417 e. The van der Waals surface area contributed by atoms with Gasteiger partial charge < -0.3 is 10.1 Å². The molecule has 7 nitrogen and oxygen atoms in total. The number of rotatable bonds is 7. The molecule has 2 N–H and O–H groups in total. The molecule has 0 saturated heterocycles. The minimum atomic E-state index is -4.87. The molecule has 184 valence electrons. The molecule has 0 radical (unpaired) electrons. The first-order valence-electron chi connectivity index (χ1n) is 9.57. The molecular formula is C22H16ClF4N3O4S. The van der Waals surface area contributed by atoms with Gasteiger partial charge in [-0.1, -0.05) is 18.2 Å². The van der Waals surface area contributed by atoms with Crippen LogP contribution in [-0.2, 0) is 21.0 Å². The zero-order valence-corrected chi connectivity index (χ0v) is 19.4. The highest BCUT2D eigenvalue weighted by atomic mass is 35.5. The number of carbonyl (C=O) groups is 1. The number of pyridine rings is 1. The molecular weight excluding hydrogens is 514 g/mol. The van der Waals surface area contributed by atoms with E-state index in [0.717, 1.165) is 24.3 Å². The maximum Gasteiger partial charge on any atom is 0.417 e. The number of hydrogen-bond donors (Lipinski definition) is 2. The van der Waals surface area contributed by atoms with Crippen LogP contribution >= 0.6 is 11.6 Å².